The van der Waals surface area contributed by atoms with Crippen molar-refractivity contribution in [3.05, 3.63) is 113 Å². The Morgan fingerprint density at radius 1 is 0.613 bits per heavy atom. The van der Waals surface area contributed by atoms with Crippen LogP contribution in [0.1, 0.15) is 20.8 Å². The summed E-state index contributed by atoms with van der Waals surface area (Å²) in [5.41, 5.74) is 2.72. The van der Waals surface area contributed by atoms with Crippen molar-refractivity contribution in [2.45, 2.75) is 20.8 Å². The SMILES string of the molecule is CC1=[C-]C(C)C([Si](c2ccccc2)(c2ccccc2)c2ccccc2)=C1C.[Cl-].[Cl-].[Cl-].[Ti+4]. The van der Waals surface area contributed by atoms with Crippen LogP contribution in [-0.4, -0.2) is 8.07 Å². The predicted molar refractivity (Wildman–Crippen MR) is 118 cm³/mol. The molecule has 0 heterocycles. The van der Waals surface area contributed by atoms with Gasteiger partial charge in [-0.3, -0.25) is 6.08 Å². The fourth-order valence-corrected chi connectivity index (χ4v) is 10.2. The Bertz CT molecular complexity index is 906. The van der Waals surface area contributed by atoms with E-state index in [2.05, 4.69) is 118 Å². The molecule has 0 spiro atoms. The first-order valence-electron chi connectivity index (χ1n) is 9.64. The molecule has 31 heavy (non-hydrogen) atoms. The molecule has 0 saturated carbocycles. The molecule has 1 atom stereocenters. The van der Waals surface area contributed by atoms with Crippen molar-refractivity contribution in [1.29, 1.82) is 0 Å². The summed E-state index contributed by atoms with van der Waals surface area (Å²) in [5.74, 6) is 0.331. The van der Waals surface area contributed by atoms with Gasteiger partial charge in [-0.1, -0.05) is 111 Å². The van der Waals surface area contributed by atoms with Crippen LogP contribution >= 0.6 is 0 Å². The van der Waals surface area contributed by atoms with Crippen molar-refractivity contribution in [1.82, 2.24) is 0 Å². The van der Waals surface area contributed by atoms with E-state index < -0.39 is 8.07 Å². The van der Waals surface area contributed by atoms with E-state index in [1.165, 1.54) is 26.7 Å². The summed E-state index contributed by atoms with van der Waals surface area (Å²) in [4.78, 5) is 0. The monoisotopic (exact) mass is 518 g/mol. The van der Waals surface area contributed by atoms with Crippen molar-refractivity contribution < 1.29 is 58.9 Å². The van der Waals surface area contributed by atoms with Gasteiger partial charge in [-0.2, -0.15) is 5.20 Å². The molecule has 158 valence electrons. The van der Waals surface area contributed by atoms with Gasteiger partial charge in [0.15, 0.2) is 8.07 Å². The molecule has 3 aromatic rings. The number of benzene rings is 3. The molecule has 0 amide bonds. The summed E-state index contributed by atoms with van der Waals surface area (Å²) in [6, 6.07) is 33.4. The van der Waals surface area contributed by atoms with Gasteiger partial charge < -0.3 is 37.2 Å². The molecule has 1 aliphatic carbocycles. The molecule has 5 heteroatoms. The molecule has 0 bridgehead atoms. The van der Waals surface area contributed by atoms with E-state index in [-0.39, 0.29) is 58.9 Å². The van der Waals surface area contributed by atoms with E-state index in [1.807, 2.05) is 0 Å². The van der Waals surface area contributed by atoms with Crippen LogP contribution in [0, 0.1) is 12.0 Å². The fraction of sp³-hybridized carbons (Fsp3) is 0.154. The second-order valence-corrected chi connectivity index (χ2v) is 11.1. The zero-order valence-electron chi connectivity index (χ0n) is 17.9. The topological polar surface area (TPSA) is 0 Å². The molecular weight excluding hydrogens is 495 g/mol. The van der Waals surface area contributed by atoms with Crippen LogP contribution in [-0.2, 0) is 21.7 Å². The van der Waals surface area contributed by atoms with Gasteiger partial charge in [0, 0.05) is 0 Å². The van der Waals surface area contributed by atoms with Crippen molar-refractivity contribution in [2.24, 2.45) is 5.92 Å². The summed E-state index contributed by atoms with van der Waals surface area (Å²) in [5, 5.41) is 5.91. The molecule has 1 unspecified atom stereocenters. The summed E-state index contributed by atoms with van der Waals surface area (Å²) in [6.07, 6.45) is 3.71. The Morgan fingerprint density at radius 2 is 0.935 bits per heavy atom. The first kappa shape index (κ1) is 29.9. The van der Waals surface area contributed by atoms with Gasteiger partial charge in [0.05, 0.1) is 0 Å². The first-order valence-corrected chi connectivity index (χ1v) is 11.6. The quantitative estimate of drug-likeness (QED) is 0.185. The molecule has 0 saturated heterocycles. The second kappa shape index (κ2) is 12.8. The molecule has 1 aliphatic rings. The Hall–Kier alpha value is -1.06. The van der Waals surface area contributed by atoms with Gasteiger partial charge in [0.25, 0.3) is 0 Å². The average molecular weight is 520 g/mol. The van der Waals surface area contributed by atoms with E-state index in [4.69, 9.17) is 0 Å². The van der Waals surface area contributed by atoms with Gasteiger partial charge in [0.1, 0.15) is 0 Å². The maximum Gasteiger partial charge on any atom is 4.00 e. The van der Waals surface area contributed by atoms with E-state index in [0.717, 1.165) is 0 Å². The molecule has 0 N–H and O–H groups in total. The molecule has 0 aromatic heterocycles. The normalized spacial score (nSPS) is 14.9. The molecule has 0 aliphatic heterocycles. The van der Waals surface area contributed by atoms with Crippen LogP contribution in [0.15, 0.2) is 107 Å². The molecular formula is C26H25Cl3SiTi. The average Bonchev–Trinajstić information content (AvgIpc) is 2.98. The van der Waals surface area contributed by atoms with Crippen molar-refractivity contribution in [3.8, 4) is 0 Å². The molecule has 4 rings (SSSR count). The van der Waals surface area contributed by atoms with Crippen LogP contribution in [0.2, 0.25) is 0 Å². The fourth-order valence-electron chi connectivity index (χ4n) is 4.67. The minimum absolute atomic E-state index is 0. The smallest absolute Gasteiger partial charge is 1.00 e. The number of allylic oxidation sites excluding steroid dienone is 4. The van der Waals surface area contributed by atoms with Crippen molar-refractivity contribution in [3.63, 3.8) is 0 Å². The van der Waals surface area contributed by atoms with E-state index in [9.17, 15) is 0 Å². The Kier molecular flexibility index (Phi) is 12.4. The molecule has 0 fully saturated rings. The second-order valence-electron chi connectivity index (χ2n) is 7.38. The van der Waals surface area contributed by atoms with Gasteiger partial charge in [0.2, 0.25) is 0 Å². The predicted octanol–water partition coefficient (Wildman–Crippen LogP) is -4.58. The van der Waals surface area contributed by atoms with Gasteiger partial charge in [-0.25, -0.2) is 11.1 Å². The van der Waals surface area contributed by atoms with Crippen LogP contribution in [0.25, 0.3) is 0 Å². The van der Waals surface area contributed by atoms with Crippen LogP contribution in [0.4, 0.5) is 0 Å². The minimum Gasteiger partial charge on any atom is -1.00 e. The number of hydrogen-bond acceptors (Lipinski definition) is 0. The minimum atomic E-state index is -2.36. The van der Waals surface area contributed by atoms with E-state index in [0.29, 0.717) is 5.92 Å². The van der Waals surface area contributed by atoms with E-state index >= 15 is 0 Å². The van der Waals surface area contributed by atoms with Gasteiger partial charge in [-0.15, -0.1) is 6.92 Å². The molecule has 0 nitrogen and oxygen atoms in total. The summed E-state index contributed by atoms with van der Waals surface area (Å²) in [7, 11) is -2.36. The van der Waals surface area contributed by atoms with Gasteiger partial charge in [-0.05, 0) is 15.6 Å². The number of halogens is 3. The van der Waals surface area contributed by atoms with Crippen LogP contribution in [0.3, 0.4) is 0 Å². The van der Waals surface area contributed by atoms with Crippen molar-refractivity contribution >= 4 is 23.6 Å². The van der Waals surface area contributed by atoms with Crippen molar-refractivity contribution in [2.75, 3.05) is 0 Å². The van der Waals surface area contributed by atoms with Gasteiger partial charge >= 0.3 is 21.7 Å². The first-order chi connectivity index (χ1) is 13.2. The third kappa shape index (κ3) is 5.30. The summed E-state index contributed by atoms with van der Waals surface area (Å²) < 4.78 is 0. The summed E-state index contributed by atoms with van der Waals surface area (Å²) in [6.45, 7) is 6.81. The zero-order valence-corrected chi connectivity index (χ0v) is 22.7. The third-order valence-corrected chi connectivity index (χ3v) is 11.1. The maximum absolute atomic E-state index is 3.71. The number of hydrogen-bond donors (Lipinski definition) is 0. The largest absolute Gasteiger partial charge is 4.00 e. The van der Waals surface area contributed by atoms with E-state index in [1.54, 1.807) is 5.20 Å². The van der Waals surface area contributed by atoms with Crippen LogP contribution in [0.5, 0.6) is 0 Å². The Labute approximate surface area is 221 Å². The zero-order chi connectivity index (χ0) is 18.9. The third-order valence-electron chi connectivity index (χ3n) is 5.86. The Balaban J connectivity index is 0.00000225. The Morgan fingerprint density at radius 3 is 1.19 bits per heavy atom. The molecule has 0 radical (unpaired) electrons. The number of rotatable bonds is 4. The van der Waals surface area contributed by atoms with Crippen LogP contribution < -0.4 is 52.8 Å². The molecule has 3 aromatic carbocycles. The maximum atomic E-state index is 3.71. The summed E-state index contributed by atoms with van der Waals surface area (Å²) >= 11 is 0. The standard InChI is InChI=1S/C26H25Si.3ClH.Ti/c1-20-19-21(2)26(22(20)3)27(23-13-7-4-8-14-23,24-15-9-5-10-16-24)25-17-11-6-12-18-25;;;;/h4-18,21H,1-3H3;3*1H;/q-1;;;;+4/p-3.